The Kier molecular flexibility index (Phi) is 11.0. The normalized spacial score (nSPS) is 14.5. The van der Waals surface area contributed by atoms with E-state index in [1.165, 1.54) is 44.9 Å². The molecule has 0 saturated carbocycles. The first-order chi connectivity index (χ1) is 8.09. The Hall–Kier alpha value is -0.100. The molecule has 3 heteroatoms. The lowest BCUT2D eigenvalue weighted by Gasteiger charge is -2.15. The lowest BCUT2D eigenvalue weighted by atomic mass is 9.97. The zero-order chi connectivity index (χ0) is 13.1. The van der Waals surface area contributed by atoms with Gasteiger partial charge in [0.05, 0.1) is 5.92 Å². The number of aliphatic carboxylic acids is 1. The average molecular weight is 260 g/mol. The Morgan fingerprint density at radius 3 is 1.94 bits per heavy atom. The molecule has 102 valence electrons. The fourth-order valence-corrected chi connectivity index (χ4v) is 2.47. The molecule has 3 unspecified atom stereocenters. The monoisotopic (exact) mass is 260 g/mol. The van der Waals surface area contributed by atoms with E-state index in [0.29, 0.717) is 0 Å². The summed E-state index contributed by atoms with van der Waals surface area (Å²) in [6, 6.07) is 0. The molecule has 0 aromatic heterocycles. The van der Waals surface area contributed by atoms with E-state index < -0.39 is 5.97 Å². The fraction of sp³-hybridized carbons (Fsp3) is 0.929. The summed E-state index contributed by atoms with van der Waals surface area (Å²) in [5.41, 5.74) is 0.178. The van der Waals surface area contributed by atoms with Gasteiger partial charge in [0.1, 0.15) is 0 Å². The van der Waals surface area contributed by atoms with Gasteiger partial charge in [-0.1, -0.05) is 65.2 Å². The molecule has 17 heavy (non-hydrogen) atoms. The molecule has 0 fully saturated rings. The third-order valence-corrected chi connectivity index (χ3v) is 3.79. The lowest BCUT2D eigenvalue weighted by Crippen LogP contribution is -2.21. The molecule has 0 aromatic rings. The molecule has 0 aliphatic carbocycles. The maximum absolute atomic E-state index is 11.0. The van der Waals surface area contributed by atoms with Crippen molar-refractivity contribution in [3.8, 4) is 0 Å². The summed E-state index contributed by atoms with van der Waals surface area (Å²) in [6.45, 7) is 4.20. The van der Waals surface area contributed by atoms with E-state index in [1.807, 2.05) is 6.92 Å². The van der Waals surface area contributed by atoms with E-state index >= 15 is 0 Å². The second-order valence-corrected chi connectivity index (χ2v) is 6.12. The molecule has 3 atom stereocenters. The van der Waals surface area contributed by atoms with Crippen LogP contribution in [0.15, 0.2) is 0 Å². The van der Waals surface area contributed by atoms with Crippen molar-refractivity contribution < 1.29 is 9.90 Å². The molecule has 0 heterocycles. The van der Waals surface area contributed by atoms with Crippen LogP contribution in [0.4, 0.5) is 0 Å². The predicted molar refractivity (Wildman–Crippen MR) is 77.5 cm³/mol. The van der Waals surface area contributed by atoms with Gasteiger partial charge in [-0.15, -0.1) is 9.24 Å². The van der Waals surface area contributed by atoms with Gasteiger partial charge in [0.2, 0.25) is 0 Å². The summed E-state index contributed by atoms with van der Waals surface area (Å²) < 4.78 is 0. The van der Waals surface area contributed by atoms with Crippen LogP contribution in [0, 0.1) is 5.92 Å². The minimum Gasteiger partial charge on any atom is -0.481 e. The highest BCUT2D eigenvalue weighted by Crippen LogP contribution is 2.20. The first-order valence-corrected chi connectivity index (χ1v) is 7.74. The summed E-state index contributed by atoms with van der Waals surface area (Å²) in [4.78, 5) is 11.0. The molecule has 0 radical (unpaired) electrons. The van der Waals surface area contributed by atoms with Crippen LogP contribution in [-0.2, 0) is 4.79 Å². The maximum Gasteiger partial charge on any atom is 0.307 e. The largest absolute Gasteiger partial charge is 0.481 e. The lowest BCUT2D eigenvalue weighted by molar-refractivity contribution is -0.141. The van der Waals surface area contributed by atoms with E-state index in [9.17, 15) is 4.79 Å². The number of carboxylic acids is 1. The molecule has 0 saturated heterocycles. The summed E-state index contributed by atoms with van der Waals surface area (Å²) in [5.74, 6) is -0.824. The second kappa shape index (κ2) is 11.0. The van der Waals surface area contributed by atoms with Crippen molar-refractivity contribution in [1.82, 2.24) is 0 Å². The van der Waals surface area contributed by atoms with Gasteiger partial charge in [0, 0.05) is 0 Å². The van der Waals surface area contributed by atoms with Crippen LogP contribution < -0.4 is 0 Å². The Morgan fingerprint density at radius 1 is 1.06 bits per heavy atom. The van der Waals surface area contributed by atoms with Gasteiger partial charge in [0.25, 0.3) is 0 Å². The Balaban J connectivity index is 3.40. The second-order valence-electron chi connectivity index (χ2n) is 5.07. The minimum atomic E-state index is -0.643. The van der Waals surface area contributed by atoms with Crippen LogP contribution in [0.25, 0.3) is 0 Å². The highest BCUT2D eigenvalue weighted by atomic mass is 31.0. The first kappa shape index (κ1) is 16.9. The Bertz CT molecular complexity index is 193. The van der Waals surface area contributed by atoms with Crippen molar-refractivity contribution in [2.24, 2.45) is 5.92 Å². The zero-order valence-corrected chi connectivity index (χ0v) is 12.6. The summed E-state index contributed by atoms with van der Waals surface area (Å²) in [7, 11) is 2.61. The van der Waals surface area contributed by atoms with E-state index in [0.717, 1.165) is 12.8 Å². The summed E-state index contributed by atoms with van der Waals surface area (Å²) in [5, 5.41) is 9.03. The molecule has 0 bridgehead atoms. The number of carboxylic acid groups (broad SMARTS) is 1. The maximum atomic E-state index is 11.0. The van der Waals surface area contributed by atoms with Crippen molar-refractivity contribution in [2.75, 3.05) is 0 Å². The molecule has 0 aliphatic heterocycles. The number of rotatable bonds is 11. The molecule has 0 amide bonds. The Labute approximate surface area is 109 Å². The predicted octanol–water partition coefficient (Wildman–Crippen LogP) is 4.48. The zero-order valence-electron chi connectivity index (χ0n) is 11.5. The van der Waals surface area contributed by atoms with Gasteiger partial charge in [-0.05, 0) is 12.1 Å². The van der Waals surface area contributed by atoms with Crippen LogP contribution >= 0.6 is 9.24 Å². The standard InChI is InChI=1S/C14H29O2P/c1-3-4-5-6-7-8-9-10-11-13(12(2)17)14(15)16/h12-13H,3-11,17H2,1-2H3,(H,15,16). The van der Waals surface area contributed by atoms with Gasteiger partial charge in [-0.3, -0.25) is 4.79 Å². The van der Waals surface area contributed by atoms with Crippen LogP contribution in [-0.4, -0.2) is 16.7 Å². The van der Waals surface area contributed by atoms with E-state index in [1.54, 1.807) is 0 Å². The van der Waals surface area contributed by atoms with Crippen molar-refractivity contribution in [1.29, 1.82) is 0 Å². The van der Waals surface area contributed by atoms with Crippen LogP contribution in [0.3, 0.4) is 0 Å². The van der Waals surface area contributed by atoms with Gasteiger partial charge in [0.15, 0.2) is 0 Å². The third-order valence-electron chi connectivity index (χ3n) is 3.32. The van der Waals surface area contributed by atoms with Crippen molar-refractivity contribution in [3.63, 3.8) is 0 Å². The minimum absolute atomic E-state index is 0.178. The molecule has 0 spiro atoms. The molecule has 2 nitrogen and oxygen atoms in total. The van der Waals surface area contributed by atoms with Crippen molar-refractivity contribution in [3.05, 3.63) is 0 Å². The number of hydrogen-bond acceptors (Lipinski definition) is 1. The molecule has 1 N–H and O–H groups in total. The van der Waals surface area contributed by atoms with Gasteiger partial charge in [-0.2, -0.15) is 0 Å². The summed E-state index contributed by atoms with van der Waals surface area (Å²) in [6.07, 6.45) is 11.0. The molecular formula is C14H29O2P. The molecule has 0 aliphatic rings. The van der Waals surface area contributed by atoms with E-state index in [2.05, 4.69) is 16.2 Å². The number of hydrogen-bond donors (Lipinski definition) is 1. The number of unbranched alkanes of at least 4 members (excludes halogenated alkanes) is 7. The average Bonchev–Trinajstić information content (AvgIpc) is 2.26. The van der Waals surface area contributed by atoms with E-state index in [-0.39, 0.29) is 11.6 Å². The molecule has 0 aromatic carbocycles. The third kappa shape index (κ3) is 9.59. The Morgan fingerprint density at radius 2 is 1.53 bits per heavy atom. The number of carbonyl (C=O) groups is 1. The van der Waals surface area contributed by atoms with Gasteiger partial charge < -0.3 is 5.11 Å². The molecule has 0 rings (SSSR count). The highest BCUT2D eigenvalue weighted by Gasteiger charge is 2.20. The van der Waals surface area contributed by atoms with Gasteiger partial charge in [-0.25, -0.2) is 0 Å². The van der Waals surface area contributed by atoms with E-state index in [4.69, 9.17) is 5.11 Å². The highest BCUT2D eigenvalue weighted by molar-refractivity contribution is 7.17. The topological polar surface area (TPSA) is 37.3 Å². The van der Waals surface area contributed by atoms with Gasteiger partial charge >= 0.3 is 5.97 Å². The summed E-state index contributed by atoms with van der Waals surface area (Å²) >= 11 is 0. The SMILES string of the molecule is CCCCCCCCCCC(C(=O)O)C(C)P. The molecular weight excluding hydrogens is 231 g/mol. The fourth-order valence-electron chi connectivity index (χ4n) is 2.11. The van der Waals surface area contributed by atoms with Crippen LogP contribution in [0.5, 0.6) is 0 Å². The van der Waals surface area contributed by atoms with Crippen molar-refractivity contribution >= 4 is 15.2 Å². The first-order valence-electron chi connectivity index (χ1n) is 7.08. The van der Waals surface area contributed by atoms with Crippen LogP contribution in [0.1, 0.15) is 71.6 Å². The quantitative estimate of drug-likeness (QED) is 0.439. The smallest absolute Gasteiger partial charge is 0.307 e. The van der Waals surface area contributed by atoms with Crippen LogP contribution in [0.2, 0.25) is 0 Å². The van der Waals surface area contributed by atoms with Crippen molar-refractivity contribution in [2.45, 2.75) is 77.3 Å².